The number of hydroxylamine groups is 1. The lowest BCUT2D eigenvalue weighted by molar-refractivity contribution is -0.137. The molecule has 0 radical (unpaired) electrons. The number of halogens is 3. The Balaban J connectivity index is 2.26. The molecule has 0 aliphatic carbocycles. The lowest BCUT2D eigenvalue weighted by atomic mass is 10.0. The van der Waals surface area contributed by atoms with E-state index in [0.29, 0.717) is 18.5 Å². The van der Waals surface area contributed by atoms with Crippen molar-refractivity contribution >= 4 is 0 Å². The van der Waals surface area contributed by atoms with Crippen molar-refractivity contribution in [1.29, 1.82) is 0 Å². The number of rotatable bonds is 1. The molecule has 5 heteroatoms. The van der Waals surface area contributed by atoms with Gasteiger partial charge >= 0.3 is 6.18 Å². The molecule has 1 aliphatic heterocycles. The van der Waals surface area contributed by atoms with E-state index in [1.165, 1.54) is 6.07 Å². The van der Waals surface area contributed by atoms with Crippen LogP contribution >= 0.6 is 0 Å². The van der Waals surface area contributed by atoms with Crippen molar-refractivity contribution in [3.05, 3.63) is 35.4 Å². The van der Waals surface area contributed by atoms with Crippen LogP contribution in [0, 0.1) is 0 Å². The van der Waals surface area contributed by atoms with Gasteiger partial charge in [0.15, 0.2) is 0 Å². The number of hydrogen-bond donors (Lipinski definition) is 1. The molecule has 1 fully saturated rings. The molecule has 15 heavy (non-hydrogen) atoms. The number of alkyl halides is 3. The minimum absolute atomic E-state index is 0.271. The summed E-state index contributed by atoms with van der Waals surface area (Å²) in [5.41, 5.74) is 2.58. The van der Waals surface area contributed by atoms with E-state index in [4.69, 9.17) is 4.84 Å². The van der Waals surface area contributed by atoms with Gasteiger partial charge in [-0.1, -0.05) is 12.1 Å². The Bertz CT molecular complexity index is 345. The summed E-state index contributed by atoms with van der Waals surface area (Å²) in [7, 11) is 0. The van der Waals surface area contributed by atoms with Gasteiger partial charge in [-0.3, -0.25) is 4.84 Å². The zero-order chi connectivity index (χ0) is 10.9. The summed E-state index contributed by atoms with van der Waals surface area (Å²) < 4.78 is 37.2. The van der Waals surface area contributed by atoms with Gasteiger partial charge in [-0.2, -0.15) is 13.2 Å². The van der Waals surface area contributed by atoms with Crippen molar-refractivity contribution < 1.29 is 18.0 Å². The van der Waals surface area contributed by atoms with E-state index in [0.717, 1.165) is 12.1 Å². The molecule has 1 saturated heterocycles. The monoisotopic (exact) mass is 217 g/mol. The maximum atomic E-state index is 12.4. The van der Waals surface area contributed by atoms with Gasteiger partial charge in [0, 0.05) is 6.54 Å². The van der Waals surface area contributed by atoms with Crippen LogP contribution in [-0.4, -0.2) is 6.54 Å². The fraction of sp³-hybridized carbons (Fsp3) is 0.400. The van der Waals surface area contributed by atoms with E-state index < -0.39 is 11.7 Å². The van der Waals surface area contributed by atoms with Crippen molar-refractivity contribution in [2.75, 3.05) is 6.54 Å². The van der Waals surface area contributed by atoms with Crippen molar-refractivity contribution in [2.24, 2.45) is 0 Å². The highest BCUT2D eigenvalue weighted by Crippen LogP contribution is 2.32. The summed E-state index contributed by atoms with van der Waals surface area (Å²) in [6, 6.07) is 5.25. The molecule has 1 aromatic carbocycles. The van der Waals surface area contributed by atoms with Crippen LogP contribution in [0.5, 0.6) is 0 Å². The first-order valence-corrected chi connectivity index (χ1v) is 4.63. The Labute approximate surface area is 85.0 Å². The molecule has 1 heterocycles. The summed E-state index contributed by atoms with van der Waals surface area (Å²) in [4.78, 5) is 5.09. The SMILES string of the molecule is FC(F)(F)c1cccc(C2CCNO2)c1. The minimum Gasteiger partial charge on any atom is -0.294 e. The van der Waals surface area contributed by atoms with E-state index in [1.54, 1.807) is 6.07 Å². The van der Waals surface area contributed by atoms with Crippen LogP contribution in [0.3, 0.4) is 0 Å². The average molecular weight is 217 g/mol. The van der Waals surface area contributed by atoms with Gasteiger partial charge in [-0.25, -0.2) is 5.48 Å². The van der Waals surface area contributed by atoms with E-state index in [1.807, 2.05) is 0 Å². The summed E-state index contributed by atoms with van der Waals surface area (Å²) in [6.45, 7) is 0.668. The van der Waals surface area contributed by atoms with Crippen LogP contribution in [-0.2, 0) is 11.0 Å². The molecule has 0 amide bonds. The number of hydrogen-bond acceptors (Lipinski definition) is 2. The van der Waals surface area contributed by atoms with Crippen LogP contribution < -0.4 is 5.48 Å². The number of nitrogens with one attached hydrogen (secondary N) is 1. The second-order valence-corrected chi connectivity index (χ2v) is 3.41. The van der Waals surface area contributed by atoms with Gasteiger partial charge in [0.25, 0.3) is 0 Å². The molecule has 0 aromatic heterocycles. The molecule has 82 valence electrons. The Hall–Kier alpha value is -1.07. The second-order valence-electron chi connectivity index (χ2n) is 3.41. The van der Waals surface area contributed by atoms with Gasteiger partial charge in [0.1, 0.15) is 6.10 Å². The first-order chi connectivity index (χ1) is 7.07. The molecule has 0 spiro atoms. The minimum atomic E-state index is -4.29. The van der Waals surface area contributed by atoms with E-state index in [2.05, 4.69) is 5.48 Å². The molecule has 1 N–H and O–H groups in total. The zero-order valence-electron chi connectivity index (χ0n) is 7.84. The van der Waals surface area contributed by atoms with Crippen molar-refractivity contribution in [3.63, 3.8) is 0 Å². The van der Waals surface area contributed by atoms with E-state index in [9.17, 15) is 13.2 Å². The van der Waals surface area contributed by atoms with Gasteiger partial charge in [0.05, 0.1) is 5.56 Å². The molecule has 1 atom stereocenters. The molecule has 1 aromatic rings. The highest BCUT2D eigenvalue weighted by molar-refractivity contribution is 5.27. The van der Waals surface area contributed by atoms with Crippen LogP contribution in [0.4, 0.5) is 13.2 Å². The first kappa shape index (κ1) is 10.4. The Kier molecular flexibility index (Phi) is 2.67. The van der Waals surface area contributed by atoms with Crippen LogP contribution in [0.15, 0.2) is 24.3 Å². The molecular weight excluding hydrogens is 207 g/mol. The third-order valence-electron chi connectivity index (χ3n) is 2.32. The Morgan fingerprint density at radius 1 is 1.33 bits per heavy atom. The van der Waals surface area contributed by atoms with E-state index in [-0.39, 0.29) is 6.10 Å². The number of benzene rings is 1. The zero-order valence-corrected chi connectivity index (χ0v) is 7.84. The Morgan fingerprint density at radius 3 is 2.73 bits per heavy atom. The molecule has 0 bridgehead atoms. The fourth-order valence-electron chi connectivity index (χ4n) is 1.56. The molecule has 2 rings (SSSR count). The summed E-state index contributed by atoms with van der Waals surface area (Å²) >= 11 is 0. The lowest BCUT2D eigenvalue weighted by Gasteiger charge is -2.11. The molecule has 0 saturated carbocycles. The van der Waals surface area contributed by atoms with Gasteiger partial charge < -0.3 is 0 Å². The van der Waals surface area contributed by atoms with Crippen molar-refractivity contribution in [1.82, 2.24) is 5.48 Å². The predicted octanol–water partition coefficient (Wildman–Crippen LogP) is 2.67. The summed E-state index contributed by atoms with van der Waals surface area (Å²) in [5, 5.41) is 0. The van der Waals surface area contributed by atoms with Crippen molar-refractivity contribution in [2.45, 2.75) is 18.7 Å². The standard InChI is InChI=1S/C10H10F3NO/c11-10(12,13)8-3-1-2-7(6-8)9-4-5-14-15-9/h1-3,6,9,14H,4-5H2. The molecule has 1 unspecified atom stereocenters. The molecule has 1 aliphatic rings. The van der Waals surface area contributed by atoms with Crippen molar-refractivity contribution in [3.8, 4) is 0 Å². The van der Waals surface area contributed by atoms with Crippen LogP contribution in [0.25, 0.3) is 0 Å². The molecular formula is C10H10F3NO. The quantitative estimate of drug-likeness (QED) is 0.780. The summed E-state index contributed by atoms with van der Waals surface area (Å²) in [6.07, 6.45) is -3.86. The predicted molar refractivity (Wildman–Crippen MR) is 47.9 cm³/mol. The van der Waals surface area contributed by atoms with Gasteiger partial charge in [0.2, 0.25) is 0 Å². The lowest BCUT2D eigenvalue weighted by Crippen LogP contribution is -2.07. The first-order valence-electron chi connectivity index (χ1n) is 4.63. The Morgan fingerprint density at radius 2 is 2.13 bits per heavy atom. The molecule has 2 nitrogen and oxygen atoms in total. The van der Waals surface area contributed by atoms with Crippen LogP contribution in [0.2, 0.25) is 0 Å². The third kappa shape index (κ3) is 2.30. The van der Waals surface area contributed by atoms with Gasteiger partial charge in [-0.15, -0.1) is 0 Å². The highest BCUT2D eigenvalue weighted by Gasteiger charge is 2.31. The fourth-order valence-corrected chi connectivity index (χ4v) is 1.56. The van der Waals surface area contributed by atoms with E-state index >= 15 is 0 Å². The topological polar surface area (TPSA) is 21.3 Å². The maximum Gasteiger partial charge on any atom is 0.416 e. The average Bonchev–Trinajstić information content (AvgIpc) is 2.69. The normalized spacial score (nSPS) is 21.9. The van der Waals surface area contributed by atoms with Crippen LogP contribution in [0.1, 0.15) is 23.7 Å². The third-order valence-corrected chi connectivity index (χ3v) is 2.32. The summed E-state index contributed by atoms with van der Waals surface area (Å²) in [5.74, 6) is 0. The van der Waals surface area contributed by atoms with Gasteiger partial charge in [-0.05, 0) is 24.1 Å². The highest BCUT2D eigenvalue weighted by atomic mass is 19.4. The maximum absolute atomic E-state index is 12.4. The smallest absolute Gasteiger partial charge is 0.294 e. The second kappa shape index (κ2) is 3.83. The largest absolute Gasteiger partial charge is 0.416 e.